The van der Waals surface area contributed by atoms with Gasteiger partial charge in [-0.05, 0) is 36.6 Å². The Morgan fingerprint density at radius 3 is 2.67 bits per heavy atom. The lowest BCUT2D eigenvalue weighted by Gasteiger charge is -2.32. The number of hydrogen-bond acceptors (Lipinski definition) is 6. The predicted octanol–water partition coefficient (Wildman–Crippen LogP) is 3.65. The zero-order valence-electron chi connectivity index (χ0n) is 18.9. The van der Waals surface area contributed by atoms with Crippen molar-refractivity contribution in [3.8, 4) is 0 Å². The lowest BCUT2D eigenvalue weighted by molar-refractivity contribution is -0.143. The fraction of sp³-hybridized carbons (Fsp3) is 0.320. The molecule has 2 aromatic heterocycles. The Morgan fingerprint density at radius 2 is 2.00 bits per heavy atom. The van der Waals surface area contributed by atoms with Crippen molar-refractivity contribution in [3.05, 3.63) is 82.1 Å². The minimum atomic E-state index is -1.24. The van der Waals surface area contributed by atoms with Crippen LogP contribution < -0.4 is 0 Å². The van der Waals surface area contributed by atoms with Crippen LogP contribution in [0.2, 0.25) is 0 Å². The summed E-state index contributed by atoms with van der Waals surface area (Å²) in [7, 11) is 1.72. The highest BCUT2D eigenvalue weighted by atomic mass is 32.1. The molecule has 4 rings (SSSR count). The Morgan fingerprint density at radius 1 is 1.21 bits per heavy atom. The number of carbonyl (C=O) groups excluding carboxylic acids is 3. The summed E-state index contributed by atoms with van der Waals surface area (Å²) in [6.45, 7) is 3.96. The number of imide groups is 1. The predicted molar refractivity (Wildman–Crippen MR) is 125 cm³/mol. The van der Waals surface area contributed by atoms with Crippen molar-refractivity contribution in [2.45, 2.75) is 44.7 Å². The molecule has 0 spiro atoms. The number of rotatable bonds is 7. The molecule has 2 atom stereocenters. The van der Waals surface area contributed by atoms with Crippen LogP contribution in [-0.2, 0) is 26.3 Å². The van der Waals surface area contributed by atoms with Gasteiger partial charge in [0.15, 0.2) is 0 Å². The van der Waals surface area contributed by atoms with Gasteiger partial charge in [-0.15, -0.1) is 11.3 Å². The molecule has 0 unspecified atom stereocenters. The second-order valence-corrected chi connectivity index (χ2v) is 9.37. The molecule has 1 aliphatic heterocycles. The molecule has 3 amide bonds. The minimum absolute atomic E-state index is 0.0395. The molecule has 1 saturated heterocycles. The molecule has 33 heavy (non-hydrogen) atoms. The molecule has 0 N–H and O–H groups in total. The van der Waals surface area contributed by atoms with Crippen molar-refractivity contribution in [1.29, 1.82) is 0 Å². The number of carbonyl (C=O) groups is 3. The highest BCUT2D eigenvalue weighted by Crippen LogP contribution is 2.42. The quantitative estimate of drug-likeness (QED) is 0.501. The average Bonchev–Trinajstić information content (AvgIpc) is 3.43. The third kappa shape index (κ3) is 4.30. The topological polar surface area (TPSA) is 83.5 Å². The van der Waals surface area contributed by atoms with E-state index in [1.54, 1.807) is 36.6 Å². The second kappa shape index (κ2) is 9.23. The van der Waals surface area contributed by atoms with E-state index in [-0.39, 0.29) is 43.1 Å². The summed E-state index contributed by atoms with van der Waals surface area (Å²) in [5.74, 6) is -0.824. The number of aryl methyl sites for hydroxylation is 1. The molecule has 7 nitrogen and oxygen atoms in total. The van der Waals surface area contributed by atoms with Gasteiger partial charge in [0, 0.05) is 43.9 Å². The zero-order chi connectivity index (χ0) is 23.6. The first kappa shape index (κ1) is 22.8. The lowest BCUT2D eigenvalue weighted by atomic mass is 9.74. The number of nitrogens with zero attached hydrogens (tertiary/aromatic N) is 4. The molecule has 0 radical (unpaired) electrons. The van der Waals surface area contributed by atoms with Crippen LogP contribution in [0.1, 0.15) is 47.5 Å². The normalized spacial score (nSPS) is 19.1. The summed E-state index contributed by atoms with van der Waals surface area (Å²) >= 11 is 1.48. The number of pyridine rings is 1. The van der Waals surface area contributed by atoms with Gasteiger partial charge in [-0.2, -0.15) is 0 Å². The average molecular weight is 463 g/mol. The Kier molecular flexibility index (Phi) is 6.37. The van der Waals surface area contributed by atoms with Crippen LogP contribution >= 0.6 is 11.3 Å². The molecule has 0 aliphatic carbocycles. The van der Waals surface area contributed by atoms with Crippen LogP contribution in [0.4, 0.5) is 0 Å². The van der Waals surface area contributed by atoms with E-state index in [9.17, 15) is 14.4 Å². The lowest BCUT2D eigenvalue weighted by Crippen LogP contribution is -2.43. The van der Waals surface area contributed by atoms with Crippen LogP contribution in [0.25, 0.3) is 0 Å². The Bertz CT molecular complexity index is 1170. The fourth-order valence-corrected chi connectivity index (χ4v) is 5.13. The van der Waals surface area contributed by atoms with E-state index in [1.165, 1.54) is 16.2 Å². The summed E-state index contributed by atoms with van der Waals surface area (Å²) in [6.07, 6.45) is 4.87. The van der Waals surface area contributed by atoms with Crippen LogP contribution in [0.3, 0.4) is 0 Å². The molecule has 1 fully saturated rings. The van der Waals surface area contributed by atoms with Gasteiger partial charge in [-0.1, -0.05) is 30.3 Å². The van der Waals surface area contributed by atoms with Crippen molar-refractivity contribution in [2.24, 2.45) is 0 Å². The van der Waals surface area contributed by atoms with E-state index < -0.39 is 5.41 Å². The van der Waals surface area contributed by atoms with E-state index in [0.717, 1.165) is 21.7 Å². The van der Waals surface area contributed by atoms with Crippen LogP contribution in [0.15, 0.2) is 60.4 Å². The molecule has 0 bridgehead atoms. The Labute approximate surface area is 197 Å². The maximum atomic E-state index is 13.9. The summed E-state index contributed by atoms with van der Waals surface area (Å²) in [6, 6.07) is 10.9. The third-order valence-electron chi connectivity index (χ3n) is 6.37. The Hall–Kier alpha value is -3.39. The van der Waals surface area contributed by atoms with Gasteiger partial charge in [0.1, 0.15) is 5.01 Å². The van der Waals surface area contributed by atoms with Crippen molar-refractivity contribution in [1.82, 2.24) is 19.8 Å². The monoisotopic (exact) mass is 462 g/mol. The standard InChI is InChI=1S/C25H26N4O3S/c1-17-7-4-5-9-20(17)25(13-21(30)28(3)18(2)23-27-11-12-33-23)14-22(31)29(24(25)32)16-19-8-6-10-26-15-19/h4-12,15,18H,13-14,16H2,1-3H3/t18-,25+/m1/s1. The van der Waals surface area contributed by atoms with E-state index in [2.05, 4.69) is 9.97 Å². The molecule has 8 heteroatoms. The Balaban J connectivity index is 1.68. The first-order valence-electron chi connectivity index (χ1n) is 10.8. The van der Waals surface area contributed by atoms with Crippen molar-refractivity contribution in [3.63, 3.8) is 0 Å². The first-order chi connectivity index (χ1) is 15.8. The number of benzene rings is 1. The number of likely N-dealkylation sites (tertiary alicyclic amines) is 1. The summed E-state index contributed by atoms with van der Waals surface area (Å²) in [4.78, 5) is 51.7. The van der Waals surface area contributed by atoms with Gasteiger partial charge in [0.2, 0.25) is 17.7 Å². The number of amides is 3. The number of aromatic nitrogens is 2. The first-order valence-corrected chi connectivity index (χ1v) is 11.7. The van der Waals surface area contributed by atoms with E-state index in [1.807, 2.05) is 49.6 Å². The van der Waals surface area contributed by atoms with E-state index >= 15 is 0 Å². The molecular weight excluding hydrogens is 436 g/mol. The molecule has 0 saturated carbocycles. The second-order valence-electron chi connectivity index (χ2n) is 8.45. The number of hydrogen-bond donors (Lipinski definition) is 0. The summed E-state index contributed by atoms with van der Waals surface area (Å²) in [5, 5.41) is 2.69. The highest BCUT2D eigenvalue weighted by molar-refractivity contribution is 7.09. The van der Waals surface area contributed by atoms with Gasteiger partial charge in [0.25, 0.3) is 0 Å². The SMILES string of the molecule is Cc1ccccc1[C@]1(CC(=O)N(C)[C@H](C)c2nccs2)CC(=O)N(Cc2cccnc2)C1=O. The molecule has 1 aromatic carbocycles. The molecule has 1 aliphatic rings. The van der Waals surface area contributed by atoms with Crippen LogP contribution in [0.5, 0.6) is 0 Å². The maximum absolute atomic E-state index is 13.9. The van der Waals surface area contributed by atoms with Crippen LogP contribution in [-0.4, -0.2) is 44.5 Å². The minimum Gasteiger partial charge on any atom is -0.337 e. The third-order valence-corrected chi connectivity index (χ3v) is 7.31. The molecule has 3 heterocycles. The van der Waals surface area contributed by atoms with Gasteiger partial charge in [-0.25, -0.2) is 4.98 Å². The van der Waals surface area contributed by atoms with Gasteiger partial charge < -0.3 is 4.90 Å². The molecule has 3 aromatic rings. The molecular formula is C25H26N4O3S. The summed E-state index contributed by atoms with van der Waals surface area (Å²) < 4.78 is 0. The van der Waals surface area contributed by atoms with E-state index in [4.69, 9.17) is 0 Å². The van der Waals surface area contributed by atoms with E-state index in [0.29, 0.717) is 0 Å². The van der Waals surface area contributed by atoms with Crippen molar-refractivity contribution in [2.75, 3.05) is 7.05 Å². The van der Waals surface area contributed by atoms with Gasteiger partial charge in [0.05, 0.1) is 18.0 Å². The largest absolute Gasteiger partial charge is 0.337 e. The highest BCUT2D eigenvalue weighted by Gasteiger charge is 2.54. The smallest absolute Gasteiger partial charge is 0.241 e. The van der Waals surface area contributed by atoms with Crippen molar-refractivity contribution >= 4 is 29.1 Å². The van der Waals surface area contributed by atoms with Crippen LogP contribution in [0, 0.1) is 6.92 Å². The van der Waals surface area contributed by atoms with Gasteiger partial charge >= 0.3 is 0 Å². The van der Waals surface area contributed by atoms with Gasteiger partial charge in [-0.3, -0.25) is 24.3 Å². The molecule has 170 valence electrons. The fourth-order valence-electron chi connectivity index (χ4n) is 4.39. The maximum Gasteiger partial charge on any atom is 0.241 e. The summed E-state index contributed by atoms with van der Waals surface area (Å²) in [5.41, 5.74) is 1.13. The number of thiazole rings is 1. The van der Waals surface area contributed by atoms with Crippen molar-refractivity contribution < 1.29 is 14.4 Å². The zero-order valence-corrected chi connectivity index (χ0v) is 19.7.